The highest BCUT2D eigenvalue weighted by Crippen LogP contribution is 2.32. The number of hydrogen-bond acceptors (Lipinski definition) is 3. The first kappa shape index (κ1) is 14.6. The van der Waals surface area contributed by atoms with Crippen molar-refractivity contribution >= 4 is 54.8 Å². The lowest BCUT2D eigenvalue weighted by Gasteiger charge is -2.15. The van der Waals surface area contributed by atoms with E-state index < -0.39 is 11.9 Å². The molecule has 3 N–H and O–H groups in total. The third kappa shape index (κ3) is 3.58. The summed E-state index contributed by atoms with van der Waals surface area (Å²) in [4.78, 5) is 13.7. The van der Waals surface area contributed by atoms with Gasteiger partial charge in [0.1, 0.15) is 6.04 Å². The van der Waals surface area contributed by atoms with Crippen LogP contribution in [0.4, 0.5) is 5.69 Å². The third-order valence-electron chi connectivity index (χ3n) is 2.60. The lowest BCUT2D eigenvalue weighted by molar-refractivity contribution is -0.118. The molecule has 0 aliphatic rings. The lowest BCUT2D eigenvalue weighted by Crippen LogP contribution is -2.26. The van der Waals surface area contributed by atoms with Crippen molar-refractivity contribution in [2.24, 2.45) is 5.73 Å². The van der Waals surface area contributed by atoms with Gasteiger partial charge in [-0.2, -0.15) is 0 Å². The molecule has 2 aromatic rings. The van der Waals surface area contributed by atoms with Gasteiger partial charge in [-0.15, -0.1) is 11.3 Å². The number of nitrogens with two attached hydrogens (primary N) is 1. The maximum absolute atomic E-state index is 11.6. The highest BCUT2D eigenvalue weighted by molar-refractivity contribution is 9.10. The van der Waals surface area contributed by atoms with Crippen molar-refractivity contribution < 1.29 is 4.79 Å². The standard InChI is InChI=1S/C13H12Br2N2OS/c1-7-10(15)6-11(19-7)12(13(16)18)17-9-4-2-8(14)3-5-9/h2-6,12,17H,1H3,(H2,16,18). The van der Waals surface area contributed by atoms with Crippen LogP contribution >= 0.6 is 43.2 Å². The van der Waals surface area contributed by atoms with Crippen LogP contribution in [0.15, 0.2) is 39.3 Å². The monoisotopic (exact) mass is 402 g/mol. The van der Waals surface area contributed by atoms with E-state index in [4.69, 9.17) is 5.73 Å². The Morgan fingerprint density at radius 3 is 2.42 bits per heavy atom. The number of halogens is 2. The Morgan fingerprint density at radius 1 is 1.32 bits per heavy atom. The number of carbonyl (C=O) groups excluding carboxylic acids is 1. The molecule has 100 valence electrons. The zero-order valence-corrected chi connectivity index (χ0v) is 14.1. The molecule has 1 aromatic heterocycles. The molecule has 1 amide bonds. The fraction of sp³-hybridized carbons (Fsp3) is 0.154. The van der Waals surface area contributed by atoms with Crippen LogP contribution in [0.5, 0.6) is 0 Å². The number of primary amides is 1. The van der Waals surface area contributed by atoms with E-state index in [-0.39, 0.29) is 0 Å². The molecular weight excluding hydrogens is 392 g/mol. The summed E-state index contributed by atoms with van der Waals surface area (Å²) >= 11 is 8.38. The molecule has 0 spiro atoms. The van der Waals surface area contributed by atoms with Crippen molar-refractivity contribution in [3.05, 3.63) is 49.0 Å². The van der Waals surface area contributed by atoms with Crippen LogP contribution in [-0.4, -0.2) is 5.91 Å². The number of thiophene rings is 1. The van der Waals surface area contributed by atoms with Crippen LogP contribution in [0.3, 0.4) is 0 Å². The SMILES string of the molecule is Cc1sc(C(Nc2ccc(Br)cc2)C(N)=O)cc1Br. The number of carbonyl (C=O) groups is 1. The molecule has 1 aromatic carbocycles. The number of anilines is 1. The minimum atomic E-state index is -0.517. The van der Waals surface area contributed by atoms with Crippen LogP contribution in [-0.2, 0) is 4.79 Å². The molecule has 0 aliphatic carbocycles. The van der Waals surface area contributed by atoms with Gasteiger partial charge in [-0.05, 0) is 53.2 Å². The number of hydrogen-bond donors (Lipinski definition) is 2. The second-order valence-electron chi connectivity index (χ2n) is 4.04. The van der Waals surface area contributed by atoms with Crippen LogP contribution in [0.1, 0.15) is 15.8 Å². The van der Waals surface area contributed by atoms with Crippen LogP contribution in [0.25, 0.3) is 0 Å². The lowest BCUT2D eigenvalue weighted by atomic mass is 10.2. The molecule has 0 aliphatic heterocycles. The average molecular weight is 404 g/mol. The quantitative estimate of drug-likeness (QED) is 0.802. The first-order chi connectivity index (χ1) is 8.97. The summed E-state index contributed by atoms with van der Waals surface area (Å²) in [5, 5.41) is 3.16. The van der Waals surface area contributed by atoms with Crippen molar-refractivity contribution in [2.45, 2.75) is 13.0 Å². The second-order valence-corrected chi connectivity index (χ2v) is 7.10. The summed E-state index contributed by atoms with van der Waals surface area (Å²) < 4.78 is 1.99. The maximum atomic E-state index is 11.6. The number of rotatable bonds is 4. The Hall–Kier alpha value is -0.850. The van der Waals surface area contributed by atoms with Gasteiger partial charge < -0.3 is 11.1 Å². The smallest absolute Gasteiger partial charge is 0.245 e. The fourth-order valence-electron chi connectivity index (χ4n) is 1.62. The summed E-state index contributed by atoms with van der Waals surface area (Å²) in [5.74, 6) is -0.392. The summed E-state index contributed by atoms with van der Waals surface area (Å²) in [7, 11) is 0. The van der Waals surface area contributed by atoms with E-state index in [0.29, 0.717) is 0 Å². The molecule has 3 nitrogen and oxygen atoms in total. The van der Waals surface area contributed by atoms with Gasteiger partial charge in [0, 0.05) is 24.4 Å². The summed E-state index contributed by atoms with van der Waals surface area (Å²) in [6, 6.07) is 9.04. The molecule has 0 saturated heterocycles. The zero-order chi connectivity index (χ0) is 14.0. The van der Waals surface area contributed by atoms with E-state index in [1.54, 1.807) is 11.3 Å². The molecule has 1 heterocycles. The van der Waals surface area contributed by atoms with Crippen LogP contribution < -0.4 is 11.1 Å². The number of nitrogens with one attached hydrogen (secondary N) is 1. The topological polar surface area (TPSA) is 55.1 Å². The van der Waals surface area contributed by atoms with Gasteiger partial charge in [0.15, 0.2) is 0 Å². The van der Waals surface area contributed by atoms with Gasteiger partial charge >= 0.3 is 0 Å². The van der Waals surface area contributed by atoms with Crippen LogP contribution in [0.2, 0.25) is 0 Å². The number of amides is 1. The summed E-state index contributed by atoms with van der Waals surface area (Å²) in [6.07, 6.45) is 0. The van der Waals surface area contributed by atoms with E-state index in [9.17, 15) is 4.79 Å². The Balaban J connectivity index is 2.26. The minimum Gasteiger partial charge on any atom is -0.369 e. The van der Waals surface area contributed by atoms with Crippen molar-refractivity contribution in [2.75, 3.05) is 5.32 Å². The van der Waals surface area contributed by atoms with E-state index in [2.05, 4.69) is 37.2 Å². The Labute approximate surface area is 132 Å². The molecule has 0 bridgehead atoms. The van der Waals surface area contributed by atoms with E-state index in [0.717, 1.165) is 24.4 Å². The Bertz CT molecular complexity index is 576. The Morgan fingerprint density at radius 2 is 1.95 bits per heavy atom. The van der Waals surface area contributed by atoms with Crippen molar-refractivity contribution in [1.29, 1.82) is 0 Å². The van der Waals surface area contributed by atoms with Gasteiger partial charge in [-0.25, -0.2) is 0 Å². The highest BCUT2D eigenvalue weighted by atomic mass is 79.9. The maximum Gasteiger partial charge on any atom is 0.245 e. The summed E-state index contributed by atoms with van der Waals surface area (Å²) in [5.41, 5.74) is 6.34. The predicted octanol–water partition coefficient (Wildman–Crippen LogP) is 4.22. The van der Waals surface area contributed by atoms with Gasteiger partial charge in [-0.1, -0.05) is 15.9 Å². The second kappa shape index (κ2) is 6.07. The molecule has 1 atom stereocenters. The van der Waals surface area contributed by atoms with E-state index >= 15 is 0 Å². The first-order valence-corrected chi connectivity index (χ1v) is 7.95. The molecule has 0 radical (unpaired) electrons. The molecule has 0 fully saturated rings. The van der Waals surface area contributed by atoms with Crippen molar-refractivity contribution in [3.8, 4) is 0 Å². The fourth-order valence-corrected chi connectivity index (χ4v) is 3.50. The van der Waals surface area contributed by atoms with Crippen LogP contribution in [0, 0.1) is 6.92 Å². The van der Waals surface area contributed by atoms with Gasteiger partial charge in [0.05, 0.1) is 0 Å². The molecule has 0 saturated carbocycles. The molecule has 19 heavy (non-hydrogen) atoms. The number of benzene rings is 1. The molecular formula is C13H12Br2N2OS. The van der Waals surface area contributed by atoms with E-state index in [1.807, 2.05) is 37.3 Å². The van der Waals surface area contributed by atoms with Crippen molar-refractivity contribution in [1.82, 2.24) is 0 Å². The third-order valence-corrected chi connectivity index (χ3v) is 5.33. The van der Waals surface area contributed by atoms with E-state index in [1.165, 1.54) is 0 Å². The van der Waals surface area contributed by atoms with Gasteiger partial charge in [-0.3, -0.25) is 4.79 Å². The zero-order valence-electron chi connectivity index (χ0n) is 10.1. The highest BCUT2D eigenvalue weighted by Gasteiger charge is 2.20. The minimum absolute atomic E-state index is 0.392. The van der Waals surface area contributed by atoms with Gasteiger partial charge in [0.25, 0.3) is 0 Å². The number of aryl methyl sites for hydroxylation is 1. The molecule has 2 rings (SSSR count). The predicted molar refractivity (Wildman–Crippen MR) is 86.5 cm³/mol. The average Bonchev–Trinajstić information content (AvgIpc) is 2.68. The largest absolute Gasteiger partial charge is 0.369 e. The molecule has 6 heteroatoms. The molecule has 1 unspecified atom stereocenters. The van der Waals surface area contributed by atoms with Crippen molar-refractivity contribution in [3.63, 3.8) is 0 Å². The summed E-state index contributed by atoms with van der Waals surface area (Å²) in [6.45, 7) is 2.00. The Kier molecular flexibility index (Phi) is 4.65. The normalized spacial score (nSPS) is 12.2. The first-order valence-electron chi connectivity index (χ1n) is 5.54. The van der Waals surface area contributed by atoms with Gasteiger partial charge in [0.2, 0.25) is 5.91 Å².